The van der Waals surface area contributed by atoms with E-state index in [9.17, 15) is 14.9 Å². The molecule has 0 aliphatic heterocycles. The van der Waals surface area contributed by atoms with Crippen molar-refractivity contribution < 1.29 is 24.3 Å². The standard InChI is InChI=1S/C12H16N2O6/c1-19-12(16)9-2-3-11(14(17)18)10(8-9)13-4-6-20-7-5-15/h2-3,8,13,15H,4-7H2,1H3. The number of rotatable bonds is 8. The summed E-state index contributed by atoms with van der Waals surface area (Å²) in [6.07, 6.45) is 0. The van der Waals surface area contributed by atoms with Crippen molar-refractivity contribution in [2.45, 2.75) is 0 Å². The van der Waals surface area contributed by atoms with E-state index in [4.69, 9.17) is 9.84 Å². The monoisotopic (exact) mass is 284 g/mol. The van der Waals surface area contributed by atoms with Crippen LogP contribution >= 0.6 is 0 Å². The number of nitro groups is 1. The molecule has 0 unspecified atom stereocenters. The van der Waals surface area contributed by atoms with Gasteiger partial charge in [0.15, 0.2) is 0 Å². The van der Waals surface area contributed by atoms with E-state index in [1.165, 1.54) is 25.3 Å². The number of hydrogen-bond donors (Lipinski definition) is 2. The first-order valence-electron chi connectivity index (χ1n) is 5.89. The van der Waals surface area contributed by atoms with E-state index in [0.717, 1.165) is 0 Å². The summed E-state index contributed by atoms with van der Waals surface area (Å²) in [6.45, 7) is 0.704. The van der Waals surface area contributed by atoms with Crippen LogP contribution < -0.4 is 5.32 Å². The lowest BCUT2D eigenvalue weighted by Crippen LogP contribution is -2.13. The number of aliphatic hydroxyl groups excluding tert-OH is 1. The highest BCUT2D eigenvalue weighted by molar-refractivity contribution is 5.91. The van der Waals surface area contributed by atoms with Crippen LogP contribution in [0, 0.1) is 10.1 Å². The van der Waals surface area contributed by atoms with Crippen molar-refractivity contribution in [2.24, 2.45) is 0 Å². The number of methoxy groups -OCH3 is 1. The Kier molecular flexibility index (Phi) is 6.41. The van der Waals surface area contributed by atoms with Crippen molar-refractivity contribution in [3.8, 4) is 0 Å². The van der Waals surface area contributed by atoms with Gasteiger partial charge in [0, 0.05) is 12.6 Å². The maximum absolute atomic E-state index is 11.4. The number of esters is 1. The zero-order valence-corrected chi connectivity index (χ0v) is 11.0. The molecule has 1 aromatic rings. The minimum Gasteiger partial charge on any atom is -0.465 e. The Balaban J connectivity index is 2.78. The van der Waals surface area contributed by atoms with Crippen molar-refractivity contribution in [2.75, 3.05) is 38.8 Å². The van der Waals surface area contributed by atoms with Gasteiger partial charge in [-0.25, -0.2) is 4.79 Å². The van der Waals surface area contributed by atoms with E-state index >= 15 is 0 Å². The van der Waals surface area contributed by atoms with E-state index in [-0.39, 0.29) is 36.8 Å². The SMILES string of the molecule is COC(=O)c1ccc([N+](=O)[O-])c(NCCOCCO)c1. The van der Waals surface area contributed by atoms with Gasteiger partial charge in [-0.2, -0.15) is 0 Å². The lowest BCUT2D eigenvalue weighted by atomic mass is 10.1. The topological polar surface area (TPSA) is 111 Å². The van der Waals surface area contributed by atoms with Crippen LogP contribution in [-0.4, -0.2) is 49.5 Å². The van der Waals surface area contributed by atoms with Gasteiger partial charge in [-0.05, 0) is 12.1 Å². The van der Waals surface area contributed by atoms with E-state index in [2.05, 4.69) is 10.1 Å². The van der Waals surface area contributed by atoms with Crippen molar-refractivity contribution in [3.63, 3.8) is 0 Å². The molecule has 0 aromatic heterocycles. The van der Waals surface area contributed by atoms with Crippen LogP contribution in [-0.2, 0) is 9.47 Å². The van der Waals surface area contributed by atoms with E-state index in [1.54, 1.807) is 0 Å². The lowest BCUT2D eigenvalue weighted by Gasteiger charge is -2.08. The van der Waals surface area contributed by atoms with Gasteiger partial charge in [-0.15, -0.1) is 0 Å². The highest BCUT2D eigenvalue weighted by Crippen LogP contribution is 2.25. The van der Waals surface area contributed by atoms with Gasteiger partial charge in [-0.1, -0.05) is 0 Å². The van der Waals surface area contributed by atoms with Gasteiger partial charge >= 0.3 is 5.97 Å². The Hall–Kier alpha value is -2.19. The second kappa shape index (κ2) is 8.08. The number of aliphatic hydroxyl groups is 1. The average Bonchev–Trinajstić information content (AvgIpc) is 2.45. The van der Waals surface area contributed by atoms with Crippen LogP contribution in [0.1, 0.15) is 10.4 Å². The second-order valence-corrected chi connectivity index (χ2v) is 3.74. The highest BCUT2D eigenvalue weighted by Gasteiger charge is 2.16. The fraction of sp³-hybridized carbons (Fsp3) is 0.417. The minimum atomic E-state index is -0.570. The molecule has 110 valence electrons. The van der Waals surface area contributed by atoms with Crippen molar-refractivity contribution in [1.82, 2.24) is 0 Å². The van der Waals surface area contributed by atoms with Gasteiger partial charge in [0.1, 0.15) is 5.69 Å². The lowest BCUT2D eigenvalue weighted by molar-refractivity contribution is -0.384. The fourth-order valence-electron chi connectivity index (χ4n) is 1.51. The quantitative estimate of drug-likeness (QED) is 0.314. The summed E-state index contributed by atoms with van der Waals surface area (Å²) < 4.78 is 9.59. The molecular formula is C12H16N2O6. The van der Waals surface area contributed by atoms with E-state index in [1.807, 2.05) is 0 Å². The van der Waals surface area contributed by atoms with Crippen molar-refractivity contribution in [3.05, 3.63) is 33.9 Å². The van der Waals surface area contributed by atoms with E-state index in [0.29, 0.717) is 6.54 Å². The molecule has 0 heterocycles. The van der Waals surface area contributed by atoms with Crippen molar-refractivity contribution in [1.29, 1.82) is 0 Å². The third-order valence-corrected chi connectivity index (χ3v) is 2.41. The molecule has 1 aromatic carbocycles. The molecule has 8 heteroatoms. The fourth-order valence-corrected chi connectivity index (χ4v) is 1.51. The molecule has 0 saturated heterocycles. The van der Waals surface area contributed by atoms with Gasteiger partial charge in [-0.3, -0.25) is 10.1 Å². The normalized spacial score (nSPS) is 10.1. The number of carbonyl (C=O) groups is 1. The maximum Gasteiger partial charge on any atom is 0.337 e. The van der Waals surface area contributed by atoms with Crippen LogP contribution in [0.4, 0.5) is 11.4 Å². The number of carbonyl (C=O) groups excluding carboxylic acids is 1. The molecule has 0 radical (unpaired) electrons. The largest absolute Gasteiger partial charge is 0.465 e. The van der Waals surface area contributed by atoms with Crippen LogP contribution in [0.2, 0.25) is 0 Å². The van der Waals surface area contributed by atoms with Gasteiger partial charge < -0.3 is 19.9 Å². The third-order valence-electron chi connectivity index (χ3n) is 2.41. The number of nitro benzene ring substituents is 1. The molecule has 0 atom stereocenters. The smallest absolute Gasteiger partial charge is 0.337 e. The first-order chi connectivity index (χ1) is 9.60. The first-order valence-corrected chi connectivity index (χ1v) is 5.89. The molecular weight excluding hydrogens is 268 g/mol. The Morgan fingerprint density at radius 3 is 2.80 bits per heavy atom. The molecule has 0 bridgehead atoms. The Bertz CT molecular complexity index is 477. The molecule has 20 heavy (non-hydrogen) atoms. The molecule has 0 saturated carbocycles. The number of anilines is 1. The van der Waals surface area contributed by atoms with Crippen LogP contribution in [0.5, 0.6) is 0 Å². The summed E-state index contributed by atoms with van der Waals surface area (Å²) in [4.78, 5) is 21.7. The molecule has 2 N–H and O–H groups in total. The second-order valence-electron chi connectivity index (χ2n) is 3.74. The average molecular weight is 284 g/mol. The number of nitrogens with one attached hydrogen (secondary N) is 1. The maximum atomic E-state index is 11.4. The predicted octanol–water partition coefficient (Wildman–Crippen LogP) is 0.802. The first kappa shape index (κ1) is 15.9. The summed E-state index contributed by atoms with van der Waals surface area (Å²) in [5.74, 6) is -0.570. The molecule has 8 nitrogen and oxygen atoms in total. The summed E-state index contributed by atoms with van der Waals surface area (Å²) >= 11 is 0. The number of ether oxygens (including phenoxy) is 2. The molecule has 1 rings (SSSR count). The Morgan fingerprint density at radius 1 is 1.45 bits per heavy atom. The zero-order chi connectivity index (χ0) is 15.0. The summed E-state index contributed by atoms with van der Waals surface area (Å²) in [7, 11) is 1.24. The molecule has 0 amide bonds. The van der Waals surface area contributed by atoms with Crippen LogP contribution in [0.25, 0.3) is 0 Å². The van der Waals surface area contributed by atoms with E-state index < -0.39 is 10.9 Å². The summed E-state index contributed by atoms with van der Waals surface area (Å²) in [5, 5.41) is 22.2. The van der Waals surface area contributed by atoms with Crippen LogP contribution in [0.15, 0.2) is 18.2 Å². The molecule has 0 aliphatic rings. The molecule has 0 aliphatic carbocycles. The molecule has 0 spiro atoms. The predicted molar refractivity (Wildman–Crippen MR) is 70.8 cm³/mol. The number of hydrogen-bond acceptors (Lipinski definition) is 7. The number of benzene rings is 1. The summed E-state index contributed by atoms with van der Waals surface area (Å²) in [5.41, 5.74) is 0.294. The zero-order valence-electron chi connectivity index (χ0n) is 11.0. The summed E-state index contributed by atoms with van der Waals surface area (Å²) in [6, 6.07) is 3.93. The minimum absolute atomic E-state index is 0.0853. The Morgan fingerprint density at radius 2 is 2.20 bits per heavy atom. The number of nitrogens with zero attached hydrogens (tertiary/aromatic N) is 1. The third kappa shape index (κ3) is 4.48. The van der Waals surface area contributed by atoms with Crippen LogP contribution in [0.3, 0.4) is 0 Å². The van der Waals surface area contributed by atoms with Crippen molar-refractivity contribution >= 4 is 17.3 Å². The molecule has 0 fully saturated rings. The van der Waals surface area contributed by atoms with Gasteiger partial charge in [0.2, 0.25) is 0 Å². The van der Waals surface area contributed by atoms with Gasteiger partial charge in [0.05, 0.1) is 37.4 Å². The Labute approximate surface area is 115 Å². The highest BCUT2D eigenvalue weighted by atomic mass is 16.6. The van der Waals surface area contributed by atoms with Gasteiger partial charge in [0.25, 0.3) is 5.69 Å².